The molecule has 0 fully saturated rings. The van der Waals surface area contributed by atoms with Crippen LogP contribution in [0.3, 0.4) is 0 Å². The van der Waals surface area contributed by atoms with Crippen molar-refractivity contribution >= 4 is 11.9 Å². The van der Waals surface area contributed by atoms with Crippen LogP contribution in [0.15, 0.2) is 48.5 Å². The molecule has 0 amide bonds. The Balaban J connectivity index is 1.68. The number of ether oxygens (including phenoxy) is 3. The fourth-order valence-electron chi connectivity index (χ4n) is 2.26. The van der Waals surface area contributed by atoms with Crippen LogP contribution in [0.25, 0.3) is 6.08 Å². The van der Waals surface area contributed by atoms with Crippen LogP contribution in [0.4, 0.5) is 0 Å². The highest BCUT2D eigenvalue weighted by atomic mass is 16.6. The number of rotatable bonds is 5. The van der Waals surface area contributed by atoms with Crippen molar-refractivity contribution in [2.45, 2.75) is 0 Å². The lowest BCUT2D eigenvalue weighted by Gasteiger charge is -2.18. The Morgan fingerprint density at radius 3 is 2.62 bits per heavy atom. The molecule has 120 valence electrons. The zero-order chi connectivity index (χ0) is 16.8. The van der Waals surface area contributed by atoms with Gasteiger partial charge < -0.3 is 14.2 Å². The highest BCUT2D eigenvalue weighted by Crippen LogP contribution is 2.31. The highest BCUT2D eigenvalue weighted by Gasteiger charge is 2.11. The predicted octanol–water partition coefficient (Wildman–Crippen LogP) is 3.26. The van der Waals surface area contributed by atoms with Gasteiger partial charge >= 0.3 is 0 Å². The molecular weight excluding hydrogens is 306 g/mol. The van der Waals surface area contributed by atoms with E-state index < -0.39 is 0 Å². The van der Waals surface area contributed by atoms with Gasteiger partial charge in [-0.25, -0.2) is 0 Å². The van der Waals surface area contributed by atoms with Gasteiger partial charge in [-0.2, -0.15) is 5.26 Å². The molecule has 0 radical (unpaired) electrons. The van der Waals surface area contributed by atoms with E-state index in [0.717, 1.165) is 11.3 Å². The molecule has 1 aliphatic heterocycles. The number of ketones is 1. The molecule has 0 aliphatic carbocycles. The van der Waals surface area contributed by atoms with Gasteiger partial charge in [0.15, 0.2) is 23.9 Å². The molecule has 0 bridgehead atoms. The zero-order valence-corrected chi connectivity index (χ0v) is 12.9. The van der Waals surface area contributed by atoms with E-state index in [4.69, 9.17) is 19.5 Å². The third-order valence-corrected chi connectivity index (χ3v) is 3.44. The van der Waals surface area contributed by atoms with Crippen molar-refractivity contribution in [3.05, 3.63) is 59.7 Å². The third kappa shape index (κ3) is 3.73. The minimum atomic E-state index is -0.114. The van der Waals surface area contributed by atoms with Crippen LogP contribution >= 0.6 is 0 Å². The summed E-state index contributed by atoms with van der Waals surface area (Å²) in [7, 11) is 0. The normalized spacial score (nSPS) is 12.6. The van der Waals surface area contributed by atoms with Crippen LogP contribution < -0.4 is 14.2 Å². The minimum Gasteiger partial charge on any atom is -0.486 e. The Hall–Kier alpha value is -3.26. The van der Waals surface area contributed by atoms with Crippen molar-refractivity contribution in [1.82, 2.24) is 0 Å². The molecule has 0 spiro atoms. The molecule has 5 heteroatoms. The molecule has 0 atom stereocenters. The maximum Gasteiger partial charge on any atom is 0.185 e. The van der Waals surface area contributed by atoms with E-state index in [1.165, 1.54) is 6.08 Å². The average Bonchev–Trinajstić information content (AvgIpc) is 2.64. The van der Waals surface area contributed by atoms with Crippen molar-refractivity contribution in [2.24, 2.45) is 0 Å². The van der Waals surface area contributed by atoms with Gasteiger partial charge in [0.1, 0.15) is 25.0 Å². The Morgan fingerprint density at radius 1 is 1.12 bits per heavy atom. The quantitative estimate of drug-likeness (QED) is 0.624. The first-order valence-corrected chi connectivity index (χ1v) is 7.48. The maximum absolute atomic E-state index is 12.2. The summed E-state index contributed by atoms with van der Waals surface area (Å²) in [6, 6.07) is 14.1. The van der Waals surface area contributed by atoms with Gasteiger partial charge in [0.2, 0.25) is 0 Å². The Morgan fingerprint density at radius 2 is 1.88 bits per heavy atom. The molecular formula is C19H15NO4. The molecule has 3 rings (SSSR count). The van der Waals surface area contributed by atoms with Gasteiger partial charge in [-0.3, -0.25) is 4.79 Å². The molecule has 0 N–H and O–H groups in total. The zero-order valence-electron chi connectivity index (χ0n) is 12.9. The molecule has 5 nitrogen and oxygen atoms in total. The number of benzene rings is 2. The molecule has 2 aromatic rings. The number of carbonyl (C=O) groups excluding carboxylic acids is 1. The van der Waals surface area contributed by atoms with Gasteiger partial charge in [-0.05, 0) is 48.0 Å². The van der Waals surface area contributed by atoms with Crippen LogP contribution in [-0.4, -0.2) is 25.6 Å². The Kier molecular flexibility index (Phi) is 4.78. The molecule has 0 unspecified atom stereocenters. The van der Waals surface area contributed by atoms with Crippen molar-refractivity contribution in [2.75, 3.05) is 19.8 Å². The average molecular weight is 321 g/mol. The van der Waals surface area contributed by atoms with Crippen LogP contribution in [0.1, 0.15) is 15.9 Å². The molecule has 2 aromatic carbocycles. The van der Waals surface area contributed by atoms with Crippen molar-refractivity contribution < 1.29 is 19.0 Å². The van der Waals surface area contributed by atoms with E-state index in [0.29, 0.717) is 30.3 Å². The SMILES string of the molecule is N#CCOc1ccc(C(=O)/C=C/c2ccc3c(c2)OCCO3)cc1. The van der Waals surface area contributed by atoms with E-state index >= 15 is 0 Å². The van der Waals surface area contributed by atoms with Gasteiger partial charge in [-0.15, -0.1) is 0 Å². The second-order valence-corrected chi connectivity index (χ2v) is 5.07. The first-order chi connectivity index (χ1) is 11.8. The van der Waals surface area contributed by atoms with E-state index in [2.05, 4.69) is 0 Å². The standard InChI is InChI=1S/C19H15NO4/c20-9-10-22-16-5-3-15(4-6-16)17(21)7-1-14-2-8-18-19(13-14)24-12-11-23-18/h1-8,13H,10-12H2/b7-1+. The number of hydrogen-bond acceptors (Lipinski definition) is 5. The molecule has 1 heterocycles. The van der Waals surface area contributed by atoms with Gasteiger partial charge in [0.25, 0.3) is 0 Å². The van der Waals surface area contributed by atoms with Gasteiger partial charge in [0.05, 0.1) is 0 Å². The van der Waals surface area contributed by atoms with E-state index in [-0.39, 0.29) is 12.4 Å². The summed E-state index contributed by atoms with van der Waals surface area (Å²) >= 11 is 0. The minimum absolute atomic E-state index is 0.0166. The monoisotopic (exact) mass is 321 g/mol. The largest absolute Gasteiger partial charge is 0.486 e. The fourth-order valence-corrected chi connectivity index (χ4v) is 2.26. The van der Waals surface area contributed by atoms with Crippen LogP contribution in [0.2, 0.25) is 0 Å². The summed E-state index contributed by atoms with van der Waals surface area (Å²) in [5, 5.41) is 8.47. The predicted molar refractivity (Wildman–Crippen MR) is 88.3 cm³/mol. The second kappa shape index (κ2) is 7.34. The summed E-state index contributed by atoms with van der Waals surface area (Å²) in [5.74, 6) is 1.85. The van der Waals surface area contributed by atoms with Crippen LogP contribution in [-0.2, 0) is 0 Å². The Labute approximate surface area is 139 Å². The van der Waals surface area contributed by atoms with E-state index in [1.54, 1.807) is 30.3 Å². The lowest BCUT2D eigenvalue weighted by molar-refractivity contribution is 0.104. The smallest absolute Gasteiger partial charge is 0.185 e. The molecule has 0 saturated heterocycles. The first-order valence-electron chi connectivity index (χ1n) is 7.48. The Bertz CT molecular complexity index is 803. The second-order valence-electron chi connectivity index (χ2n) is 5.07. The number of fused-ring (bicyclic) bond motifs is 1. The molecule has 1 aliphatic rings. The summed E-state index contributed by atoms with van der Waals surface area (Å²) in [4.78, 5) is 12.2. The van der Waals surface area contributed by atoms with Gasteiger partial charge in [0, 0.05) is 5.56 Å². The van der Waals surface area contributed by atoms with E-state index in [1.807, 2.05) is 24.3 Å². The molecule has 24 heavy (non-hydrogen) atoms. The fraction of sp³-hybridized carbons (Fsp3) is 0.158. The van der Waals surface area contributed by atoms with Crippen LogP contribution in [0.5, 0.6) is 17.2 Å². The van der Waals surface area contributed by atoms with Crippen molar-refractivity contribution in [3.63, 3.8) is 0 Å². The number of hydrogen-bond donors (Lipinski definition) is 0. The first kappa shape index (κ1) is 15.6. The molecule has 0 aromatic heterocycles. The van der Waals surface area contributed by atoms with Crippen LogP contribution in [0, 0.1) is 11.3 Å². The summed E-state index contributed by atoms with van der Waals surface area (Å²) in [6.07, 6.45) is 3.25. The number of carbonyl (C=O) groups is 1. The lowest BCUT2D eigenvalue weighted by Crippen LogP contribution is -2.15. The van der Waals surface area contributed by atoms with Crippen molar-refractivity contribution in [3.8, 4) is 23.3 Å². The highest BCUT2D eigenvalue weighted by molar-refractivity contribution is 6.06. The number of allylic oxidation sites excluding steroid dienone is 1. The molecule has 0 saturated carbocycles. The summed E-state index contributed by atoms with van der Waals surface area (Å²) < 4.78 is 16.1. The topological polar surface area (TPSA) is 68.5 Å². The third-order valence-electron chi connectivity index (χ3n) is 3.44. The number of nitriles is 1. The maximum atomic E-state index is 12.2. The summed E-state index contributed by atoms with van der Waals surface area (Å²) in [5.41, 5.74) is 1.41. The number of nitrogens with zero attached hydrogens (tertiary/aromatic N) is 1. The lowest BCUT2D eigenvalue weighted by atomic mass is 10.1. The van der Waals surface area contributed by atoms with Gasteiger partial charge in [-0.1, -0.05) is 12.1 Å². The summed E-state index contributed by atoms with van der Waals surface area (Å²) in [6.45, 7) is 1.06. The van der Waals surface area contributed by atoms with Crippen molar-refractivity contribution in [1.29, 1.82) is 5.26 Å². The van der Waals surface area contributed by atoms with E-state index in [9.17, 15) is 4.79 Å².